The highest BCUT2D eigenvalue weighted by atomic mass is 32.2. The first kappa shape index (κ1) is 22.3. The van der Waals surface area contributed by atoms with Gasteiger partial charge in [0.2, 0.25) is 20.0 Å². The van der Waals surface area contributed by atoms with Gasteiger partial charge in [-0.15, -0.1) is 0 Å². The number of amides is 1. The van der Waals surface area contributed by atoms with Crippen molar-refractivity contribution in [1.29, 1.82) is 0 Å². The zero-order valence-electron chi connectivity index (χ0n) is 16.1. The summed E-state index contributed by atoms with van der Waals surface area (Å²) in [5, 5.41) is 2.64. The van der Waals surface area contributed by atoms with Crippen LogP contribution >= 0.6 is 0 Å². The Morgan fingerprint density at radius 1 is 0.793 bits per heavy atom. The molecule has 0 aliphatic rings. The highest BCUT2D eigenvalue weighted by Gasteiger charge is 2.15. The SMILES string of the molecule is COc1ccc(C(=O)Nc2ccc(NS(C)(=O)=O)c(OC)c2)cc1NS(C)(=O)=O. The van der Waals surface area contributed by atoms with Gasteiger partial charge in [-0.2, -0.15) is 0 Å². The Kier molecular flexibility index (Phi) is 6.59. The lowest BCUT2D eigenvalue weighted by Gasteiger charge is -2.14. The number of benzene rings is 2. The summed E-state index contributed by atoms with van der Waals surface area (Å²) in [7, 11) is -4.34. The van der Waals surface area contributed by atoms with Gasteiger partial charge in [0.15, 0.2) is 0 Å². The molecular formula is C17H21N3O7S2. The van der Waals surface area contributed by atoms with E-state index in [0.717, 1.165) is 12.5 Å². The van der Waals surface area contributed by atoms with Crippen molar-refractivity contribution in [3.05, 3.63) is 42.0 Å². The topological polar surface area (TPSA) is 140 Å². The standard InChI is InChI=1S/C17H21N3O7S2/c1-26-15-8-5-11(9-14(15)20-29(4,24)25)17(21)18-12-6-7-13(16(10-12)27-2)19-28(3,22)23/h5-10,19-20H,1-4H3,(H,18,21). The lowest BCUT2D eigenvalue weighted by Crippen LogP contribution is -2.15. The van der Waals surface area contributed by atoms with E-state index in [9.17, 15) is 21.6 Å². The Labute approximate surface area is 169 Å². The highest BCUT2D eigenvalue weighted by molar-refractivity contribution is 7.92. The summed E-state index contributed by atoms with van der Waals surface area (Å²) in [6, 6.07) is 8.66. The van der Waals surface area contributed by atoms with Crippen LogP contribution in [0.15, 0.2) is 36.4 Å². The van der Waals surface area contributed by atoms with Crippen molar-refractivity contribution in [3.8, 4) is 11.5 Å². The van der Waals surface area contributed by atoms with Gasteiger partial charge in [0.1, 0.15) is 11.5 Å². The van der Waals surface area contributed by atoms with E-state index in [4.69, 9.17) is 9.47 Å². The van der Waals surface area contributed by atoms with Gasteiger partial charge in [-0.05, 0) is 30.3 Å². The number of anilines is 3. The minimum atomic E-state index is -3.57. The molecule has 0 aliphatic heterocycles. The minimum absolute atomic E-state index is 0.118. The van der Waals surface area contributed by atoms with Gasteiger partial charge >= 0.3 is 0 Å². The quantitative estimate of drug-likeness (QED) is 0.564. The van der Waals surface area contributed by atoms with Gasteiger partial charge in [-0.3, -0.25) is 14.2 Å². The Morgan fingerprint density at radius 2 is 1.38 bits per heavy atom. The van der Waals surface area contributed by atoms with Crippen molar-refractivity contribution >= 4 is 43.0 Å². The van der Waals surface area contributed by atoms with Crippen molar-refractivity contribution in [2.24, 2.45) is 0 Å². The number of ether oxygens (including phenoxy) is 2. The van der Waals surface area contributed by atoms with Crippen LogP contribution in [-0.2, 0) is 20.0 Å². The summed E-state index contributed by atoms with van der Waals surface area (Å²) in [6.07, 6.45) is 1.99. The Balaban J connectivity index is 2.29. The monoisotopic (exact) mass is 443 g/mol. The number of methoxy groups -OCH3 is 2. The van der Waals surface area contributed by atoms with Crippen LogP contribution in [0.25, 0.3) is 0 Å². The third-order valence-corrected chi connectivity index (χ3v) is 4.69. The van der Waals surface area contributed by atoms with Crippen molar-refractivity contribution in [2.45, 2.75) is 0 Å². The molecule has 12 heteroatoms. The molecule has 2 rings (SSSR count). The van der Waals surface area contributed by atoms with Crippen LogP contribution in [0.1, 0.15) is 10.4 Å². The zero-order chi connectivity index (χ0) is 21.8. The number of hydrogen-bond acceptors (Lipinski definition) is 7. The lowest BCUT2D eigenvalue weighted by atomic mass is 10.1. The van der Waals surface area contributed by atoms with E-state index >= 15 is 0 Å². The summed E-state index contributed by atoms with van der Waals surface area (Å²) < 4.78 is 60.7. The summed E-state index contributed by atoms with van der Waals surface area (Å²) >= 11 is 0. The number of carbonyl (C=O) groups excluding carboxylic acids is 1. The summed E-state index contributed by atoms with van der Waals surface area (Å²) in [5.41, 5.74) is 0.860. The molecular weight excluding hydrogens is 422 g/mol. The third kappa shape index (κ3) is 6.54. The molecule has 158 valence electrons. The molecule has 0 spiro atoms. The second kappa shape index (κ2) is 8.57. The Bertz CT molecular complexity index is 1130. The van der Waals surface area contributed by atoms with Crippen LogP contribution in [0.4, 0.5) is 17.1 Å². The van der Waals surface area contributed by atoms with E-state index < -0.39 is 26.0 Å². The molecule has 0 bridgehead atoms. The summed E-state index contributed by atoms with van der Waals surface area (Å²) in [5.74, 6) is -0.0534. The van der Waals surface area contributed by atoms with Crippen LogP contribution < -0.4 is 24.2 Å². The fourth-order valence-electron chi connectivity index (χ4n) is 2.39. The number of nitrogens with one attached hydrogen (secondary N) is 3. The smallest absolute Gasteiger partial charge is 0.255 e. The minimum Gasteiger partial charge on any atom is -0.495 e. The predicted molar refractivity (Wildman–Crippen MR) is 111 cm³/mol. The molecule has 0 atom stereocenters. The van der Waals surface area contributed by atoms with Crippen molar-refractivity contribution in [1.82, 2.24) is 0 Å². The molecule has 10 nitrogen and oxygen atoms in total. The largest absolute Gasteiger partial charge is 0.495 e. The number of sulfonamides is 2. The maximum absolute atomic E-state index is 12.6. The highest BCUT2D eigenvalue weighted by Crippen LogP contribution is 2.30. The van der Waals surface area contributed by atoms with E-state index in [0.29, 0.717) is 5.69 Å². The lowest BCUT2D eigenvalue weighted by molar-refractivity contribution is 0.102. The van der Waals surface area contributed by atoms with Gasteiger partial charge in [0, 0.05) is 17.3 Å². The summed E-state index contributed by atoms with van der Waals surface area (Å²) in [6.45, 7) is 0. The van der Waals surface area contributed by atoms with E-state index in [1.807, 2.05) is 0 Å². The zero-order valence-corrected chi connectivity index (χ0v) is 17.8. The molecule has 0 saturated carbocycles. The van der Waals surface area contributed by atoms with Gasteiger partial charge < -0.3 is 14.8 Å². The van der Waals surface area contributed by atoms with Gasteiger partial charge in [-0.25, -0.2) is 16.8 Å². The van der Waals surface area contributed by atoms with Gasteiger partial charge in [0.25, 0.3) is 5.91 Å². The first-order valence-corrected chi connectivity index (χ1v) is 11.8. The molecule has 0 unspecified atom stereocenters. The van der Waals surface area contributed by atoms with Gasteiger partial charge in [0.05, 0.1) is 38.1 Å². The maximum Gasteiger partial charge on any atom is 0.255 e. The number of rotatable bonds is 8. The molecule has 0 fully saturated rings. The van der Waals surface area contributed by atoms with Crippen LogP contribution in [0.3, 0.4) is 0 Å². The van der Waals surface area contributed by atoms with Gasteiger partial charge in [-0.1, -0.05) is 0 Å². The van der Waals surface area contributed by atoms with Crippen LogP contribution in [-0.4, -0.2) is 49.5 Å². The second-order valence-corrected chi connectivity index (χ2v) is 9.53. The van der Waals surface area contributed by atoms with Crippen molar-refractivity contribution in [2.75, 3.05) is 41.5 Å². The molecule has 0 radical (unpaired) electrons. The first-order valence-electron chi connectivity index (χ1n) is 8.05. The third-order valence-electron chi connectivity index (χ3n) is 3.51. The average molecular weight is 444 g/mol. The Morgan fingerprint density at radius 3 is 1.93 bits per heavy atom. The van der Waals surface area contributed by atoms with Crippen LogP contribution in [0.5, 0.6) is 11.5 Å². The first-order chi connectivity index (χ1) is 13.4. The molecule has 0 aromatic heterocycles. The van der Waals surface area contributed by atoms with Crippen LogP contribution in [0.2, 0.25) is 0 Å². The normalized spacial score (nSPS) is 11.4. The second-order valence-electron chi connectivity index (χ2n) is 6.03. The fraction of sp³-hybridized carbons (Fsp3) is 0.235. The van der Waals surface area contributed by atoms with Crippen molar-refractivity contribution < 1.29 is 31.1 Å². The molecule has 3 N–H and O–H groups in total. The number of hydrogen-bond donors (Lipinski definition) is 3. The van der Waals surface area contributed by atoms with E-state index in [2.05, 4.69) is 14.8 Å². The summed E-state index contributed by atoms with van der Waals surface area (Å²) in [4.78, 5) is 12.6. The predicted octanol–water partition coefficient (Wildman–Crippen LogP) is 1.70. The number of carbonyl (C=O) groups is 1. The van der Waals surface area contributed by atoms with Crippen molar-refractivity contribution in [3.63, 3.8) is 0 Å². The molecule has 0 saturated heterocycles. The molecule has 1 amide bonds. The molecule has 2 aromatic rings. The van der Waals surface area contributed by atoms with Crippen LogP contribution in [0, 0.1) is 0 Å². The van der Waals surface area contributed by atoms with E-state index in [1.54, 1.807) is 0 Å². The van der Waals surface area contributed by atoms with E-state index in [-0.39, 0.29) is 28.4 Å². The van der Waals surface area contributed by atoms with E-state index in [1.165, 1.54) is 50.6 Å². The molecule has 29 heavy (non-hydrogen) atoms. The fourth-order valence-corrected chi connectivity index (χ4v) is 3.51. The molecule has 0 heterocycles. The maximum atomic E-state index is 12.6. The Hall–Kier alpha value is -2.99. The molecule has 2 aromatic carbocycles. The molecule has 0 aliphatic carbocycles. The average Bonchev–Trinajstić information content (AvgIpc) is 2.60.